The molecule has 1 saturated carbocycles. The summed E-state index contributed by atoms with van der Waals surface area (Å²) in [6, 6.07) is 8.31. The first-order valence-electron chi connectivity index (χ1n) is 9.67. The molecular formula is C21H26N2O3. The average Bonchev–Trinajstić information content (AvgIpc) is 3.00. The number of aliphatic hydroxyl groups is 1. The van der Waals surface area contributed by atoms with Crippen LogP contribution < -0.4 is 0 Å². The second kappa shape index (κ2) is 5.57. The van der Waals surface area contributed by atoms with Crippen molar-refractivity contribution in [2.45, 2.75) is 43.7 Å². The van der Waals surface area contributed by atoms with E-state index < -0.39 is 11.5 Å². The van der Waals surface area contributed by atoms with Crippen LogP contribution in [-0.2, 0) is 21.4 Å². The van der Waals surface area contributed by atoms with Gasteiger partial charge in [-0.25, -0.2) is 0 Å². The van der Waals surface area contributed by atoms with E-state index in [1.165, 1.54) is 18.1 Å². The van der Waals surface area contributed by atoms with Crippen LogP contribution >= 0.6 is 0 Å². The van der Waals surface area contributed by atoms with E-state index in [1.807, 2.05) is 13.0 Å². The smallest absolute Gasteiger partial charge is 0.319 e. The van der Waals surface area contributed by atoms with E-state index in [9.17, 15) is 9.90 Å². The van der Waals surface area contributed by atoms with Crippen LogP contribution in [-0.4, -0.2) is 53.3 Å². The number of aromatic amines is 1. The first kappa shape index (κ1) is 16.3. The Morgan fingerprint density at radius 2 is 2.23 bits per heavy atom. The summed E-state index contributed by atoms with van der Waals surface area (Å²) in [5.74, 6) is 0.354. The van der Waals surface area contributed by atoms with Gasteiger partial charge in [-0.15, -0.1) is 0 Å². The number of nitrogens with one attached hydrogen (secondary N) is 1. The lowest BCUT2D eigenvalue weighted by molar-refractivity contribution is -0.166. The summed E-state index contributed by atoms with van der Waals surface area (Å²) in [4.78, 5) is 19.4. The number of aromatic nitrogens is 1. The zero-order valence-corrected chi connectivity index (χ0v) is 15.4. The van der Waals surface area contributed by atoms with Crippen molar-refractivity contribution in [3.8, 4) is 0 Å². The molecule has 1 aliphatic carbocycles. The molecule has 26 heavy (non-hydrogen) atoms. The van der Waals surface area contributed by atoms with Gasteiger partial charge in [0.25, 0.3) is 0 Å². The Balaban J connectivity index is 1.80. The van der Waals surface area contributed by atoms with E-state index in [-0.39, 0.29) is 17.9 Å². The standard InChI is InChI=1S/C21H26N2O3/c1-12(24)16-9-13-10-21(20(25)26-2)18-15(7-8-23(11-13)19(16)21)14-5-3-4-6-17(14)22-18/h3-6,12-13,16,19,22,24H,7-11H2,1-2H3/t12-,13-,16-,19+,21-/m1/s1. The zero-order valence-electron chi connectivity index (χ0n) is 15.4. The van der Waals surface area contributed by atoms with Gasteiger partial charge >= 0.3 is 5.97 Å². The van der Waals surface area contributed by atoms with Gasteiger partial charge in [0.1, 0.15) is 5.41 Å². The van der Waals surface area contributed by atoms with Gasteiger partial charge in [0.05, 0.1) is 13.2 Å². The second-order valence-corrected chi connectivity index (χ2v) is 8.39. The van der Waals surface area contributed by atoms with E-state index in [2.05, 4.69) is 28.1 Å². The Hall–Kier alpha value is -1.85. The summed E-state index contributed by atoms with van der Waals surface area (Å²) in [6.45, 7) is 3.82. The number of benzene rings is 1. The van der Waals surface area contributed by atoms with Gasteiger partial charge in [-0.1, -0.05) is 18.2 Å². The van der Waals surface area contributed by atoms with Gasteiger partial charge in [-0.3, -0.25) is 9.69 Å². The summed E-state index contributed by atoms with van der Waals surface area (Å²) in [5.41, 5.74) is 2.67. The lowest BCUT2D eigenvalue weighted by atomic mass is 9.56. The predicted octanol–water partition coefficient (Wildman–Crippen LogP) is 2.23. The molecule has 6 atom stereocenters. The van der Waals surface area contributed by atoms with Crippen molar-refractivity contribution >= 4 is 16.9 Å². The number of rotatable bonds is 2. The molecule has 4 bridgehead atoms. The summed E-state index contributed by atoms with van der Waals surface area (Å²) < 4.78 is 5.39. The summed E-state index contributed by atoms with van der Waals surface area (Å²) in [6.07, 6.45) is 2.30. The zero-order chi connectivity index (χ0) is 18.1. The molecule has 2 saturated heterocycles. The van der Waals surface area contributed by atoms with Gasteiger partial charge in [0.2, 0.25) is 0 Å². The van der Waals surface area contributed by atoms with Crippen molar-refractivity contribution in [1.82, 2.24) is 9.88 Å². The fraction of sp³-hybridized carbons (Fsp3) is 0.571. The highest BCUT2D eigenvalue weighted by Crippen LogP contribution is 2.55. The number of carbonyl (C=O) groups excluding carboxylic acids is 1. The highest BCUT2D eigenvalue weighted by Gasteiger charge is 2.63. The van der Waals surface area contributed by atoms with E-state index in [0.717, 1.165) is 43.6 Å². The van der Waals surface area contributed by atoms with Crippen molar-refractivity contribution in [2.24, 2.45) is 11.8 Å². The van der Waals surface area contributed by atoms with E-state index in [1.54, 1.807) is 0 Å². The van der Waals surface area contributed by atoms with Crippen LogP contribution in [0.1, 0.15) is 31.0 Å². The third-order valence-corrected chi connectivity index (χ3v) is 7.09. The van der Waals surface area contributed by atoms with Crippen LogP contribution in [0.4, 0.5) is 0 Å². The number of piperidine rings is 2. The highest BCUT2D eigenvalue weighted by molar-refractivity contribution is 5.91. The number of aliphatic hydroxyl groups excluding tert-OH is 1. The molecule has 0 spiro atoms. The van der Waals surface area contributed by atoms with Crippen LogP contribution in [0.15, 0.2) is 24.3 Å². The minimum atomic E-state index is -0.706. The van der Waals surface area contributed by atoms with Gasteiger partial charge in [-0.05, 0) is 43.7 Å². The topological polar surface area (TPSA) is 65.6 Å². The number of methoxy groups -OCH3 is 1. The molecule has 6 rings (SSSR count). The number of carbonyl (C=O) groups is 1. The molecular weight excluding hydrogens is 328 g/mol. The minimum absolute atomic E-state index is 0.00531. The fourth-order valence-corrected chi connectivity index (χ4v) is 6.23. The molecule has 2 aromatic rings. The molecule has 1 aromatic carbocycles. The summed E-state index contributed by atoms with van der Waals surface area (Å²) >= 11 is 0. The van der Waals surface area contributed by atoms with E-state index in [4.69, 9.17) is 4.74 Å². The first-order chi connectivity index (χ1) is 12.6. The van der Waals surface area contributed by atoms with E-state index >= 15 is 0 Å². The lowest BCUT2D eigenvalue weighted by Crippen LogP contribution is -2.68. The van der Waals surface area contributed by atoms with Crippen molar-refractivity contribution in [3.05, 3.63) is 35.5 Å². The molecule has 5 nitrogen and oxygen atoms in total. The summed E-state index contributed by atoms with van der Waals surface area (Å²) in [5, 5.41) is 11.7. The predicted molar refractivity (Wildman–Crippen MR) is 99.0 cm³/mol. The van der Waals surface area contributed by atoms with Crippen LogP contribution in [0.5, 0.6) is 0 Å². The Morgan fingerprint density at radius 3 is 3.00 bits per heavy atom. The maximum atomic E-state index is 13.3. The molecule has 1 unspecified atom stereocenters. The molecule has 1 aromatic heterocycles. The highest BCUT2D eigenvalue weighted by atomic mass is 16.5. The van der Waals surface area contributed by atoms with Crippen molar-refractivity contribution in [1.29, 1.82) is 0 Å². The number of hydrogen-bond donors (Lipinski definition) is 2. The third-order valence-electron chi connectivity index (χ3n) is 7.09. The number of esters is 1. The Morgan fingerprint density at radius 1 is 1.42 bits per heavy atom. The largest absolute Gasteiger partial charge is 0.468 e. The number of ether oxygens (including phenoxy) is 1. The number of nitrogens with zero attached hydrogens (tertiary/aromatic N) is 1. The van der Waals surface area contributed by atoms with Crippen LogP contribution in [0.3, 0.4) is 0 Å². The van der Waals surface area contributed by atoms with Crippen LogP contribution in [0.2, 0.25) is 0 Å². The SMILES string of the molecule is COC(=O)[C@@]12C[C@H]3C[C@H]([C@@H](C)O)[C@@H]1N(CCc1c2[nH]c2ccccc12)C3. The minimum Gasteiger partial charge on any atom is -0.468 e. The molecule has 3 fully saturated rings. The quantitative estimate of drug-likeness (QED) is 0.812. The first-order valence-corrected chi connectivity index (χ1v) is 9.67. The Labute approximate surface area is 153 Å². The number of fused-ring (bicyclic) bond motifs is 4. The van der Waals surface area contributed by atoms with Gasteiger partial charge < -0.3 is 14.8 Å². The number of para-hydroxylation sites is 1. The van der Waals surface area contributed by atoms with E-state index in [0.29, 0.717) is 5.92 Å². The molecule has 0 radical (unpaired) electrons. The molecule has 4 aliphatic rings. The van der Waals surface area contributed by atoms with Gasteiger partial charge in [-0.2, -0.15) is 0 Å². The van der Waals surface area contributed by atoms with Crippen molar-refractivity contribution < 1.29 is 14.6 Å². The maximum Gasteiger partial charge on any atom is 0.319 e. The second-order valence-electron chi connectivity index (χ2n) is 8.39. The maximum absolute atomic E-state index is 13.3. The van der Waals surface area contributed by atoms with Crippen LogP contribution in [0, 0.1) is 11.8 Å². The van der Waals surface area contributed by atoms with Crippen LogP contribution in [0.25, 0.3) is 10.9 Å². The lowest BCUT2D eigenvalue weighted by Gasteiger charge is -2.58. The molecule has 3 aliphatic heterocycles. The normalized spacial score (nSPS) is 36.4. The summed E-state index contributed by atoms with van der Waals surface area (Å²) in [7, 11) is 1.49. The van der Waals surface area contributed by atoms with Gasteiger partial charge in [0, 0.05) is 41.6 Å². The Kier molecular flexibility index (Phi) is 3.50. The molecule has 138 valence electrons. The van der Waals surface area contributed by atoms with Crippen molar-refractivity contribution in [2.75, 3.05) is 20.2 Å². The number of hydrogen-bond acceptors (Lipinski definition) is 4. The number of H-pyrrole nitrogens is 1. The monoisotopic (exact) mass is 354 g/mol. The Bertz CT molecular complexity index is 873. The fourth-order valence-electron chi connectivity index (χ4n) is 6.23. The molecule has 0 amide bonds. The molecule has 4 heterocycles. The average molecular weight is 354 g/mol. The van der Waals surface area contributed by atoms with Gasteiger partial charge in [0.15, 0.2) is 0 Å². The molecule has 2 N–H and O–H groups in total. The van der Waals surface area contributed by atoms with Crippen molar-refractivity contribution in [3.63, 3.8) is 0 Å². The third kappa shape index (κ3) is 1.96. The molecule has 5 heteroatoms.